The van der Waals surface area contributed by atoms with E-state index in [0.29, 0.717) is 18.7 Å². The number of thiophene rings is 1. The Kier molecular flexibility index (Phi) is 5.08. The molecule has 3 rings (SSSR count). The van der Waals surface area contributed by atoms with Gasteiger partial charge in [-0.2, -0.15) is 5.26 Å². The summed E-state index contributed by atoms with van der Waals surface area (Å²) in [6.07, 6.45) is 3.00. The summed E-state index contributed by atoms with van der Waals surface area (Å²) in [6.45, 7) is 1.45. The van der Waals surface area contributed by atoms with Gasteiger partial charge in [0.25, 0.3) is 0 Å². The normalized spacial score (nSPS) is 18.2. The first-order chi connectivity index (χ1) is 11.7. The van der Waals surface area contributed by atoms with Crippen molar-refractivity contribution in [2.45, 2.75) is 24.9 Å². The van der Waals surface area contributed by atoms with Crippen LogP contribution < -0.4 is 16.0 Å². The highest BCUT2D eigenvalue weighted by Crippen LogP contribution is 2.22. The number of rotatable bonds is 5. The van der Waals surface area contributed by atoms with Gasteiger partial charge in [0.05, 0.1) is 11.7 Å². The summed E-state index contributed by atoms with van der Waals surface area (Å²) in [5.74, 6) is -0.123. The molecule has 1 aliphatic rings. The lowest BCUT2D eigenvalue weighted by Crippen LogP contribution is -2.47. The first-order valence-electron chi connectivity index (χ1n) is 7.86. The van der Waals surface area contributed by atoms with Gasteiger partial charge in [0.1, 0.15) is 6.07 Å². The molecule has 124 valence electrons. The Hall–Kier alpha value is -2.43. The number of nitrogens with zero attached hydrogens (tertiary/aromatic N) is 3. The molecular weight excluding hydrogens is 322 g/mol. The van der Waals surface area contributed by atoms with Crippen LogP contribution in [0.3, 0.4) is 0 Å². The number of hydrogen-bond acceptors (Lipinski definition) is 6. The summed E-state index contributed by atoms with van der Waals surface area (Å²) in [4.78, 5) is 19.6. The first-order valence-corrected chi connectivity index (χ1v) is 8.73. The van der Waals surface area contributed by atoms with E-state index in [4.69, 9.17) is 11.0 Å². The Labute approximate surface area is 144 Å². The fraction of sp³-hybridized carbons (Fsp3) is 0.353. The van der Waals surface area contributed by atoms with Crippen LogP contribution in [0, 0.1) is 11.3 Å². The van der Waals surface area contributed by atoms with Gasteiger partial charge >= 0.3 is 0 Å². The Morgan fingerprint density at radius 2 is 2.42 bits per heavy atom. The zero-order valence-corrected chi connectivity index (χ0v) is 14.0. The quantitative estimate of drug-likeness (QED) is 0.854. The smallest absolute Gasteiger partial charge is 0.237 e. The molecule has 3 N–H and O–H groups in total. The SMILES string of the molecule is N#Cc1ncccc1N1CCC(NC(=O)C(N)Cc2cccs2)C1. The van der Waals surface area contributed by atoms with Crippen LogP contribution in [0.5, 0.6) is 0 Å². The van der Waals surface area contributed by atoms with Gasteiger partial charge < -0.3 is 16.0 Å². The predicted molar refractivity (Wildman–Crippen MR) is 93.7 cm³/mol. The minimum absolute atomic E-state index is 0.0404. The van der Waals surface area contributed by atoms with E-state index in [-0.39, 0.29) is 11.9 Å². The lowest BCUT2D eigenvalue weighted by molar-refractivity contribution is -0.122. The minimum Gasteiger partial charge on any atom is -0.367 e. The summed E-state index contributed by atoms with van der Waals surface area (Å²) in [5, 5.41) is 14.2. The van der Waals surface area contributed by atoms with Gasteiger partial charge in [-0.1, -0.05) is 6.07 Å². The molecule has 3 heterocycles. The second kappa shape index (κ2) is 7.43. The molecule has 0 spiro atoms. The number of nitrogens with one attached hydrogen (secondary N) is 1. The highest BCUT2D eigenvalue weighted by molar-refractivity contribution is 7.09. The van der Waals surface area contributed by atoms with Gasteiger partial charge in [-0.05, 0) is 30.0 Å². The van der Waals surface area contributed by atoms with Gasteiger partial charge in [0.15, 0.2) is 5.69 Å². The van der Waals surface area contributed by atoms with Gasteiger partial charge in [0, 0.05) is 36.6 Å². The molecule has 0 aromatic carbocycles. The summed E-state index contributed by atoms with van der Waals surface area (Å²) < 4.78 is 0. The highest BCUT2D eigenvalue weighted by Gasteiger charge is 2.27. The maximum atomic E-state index is 12.3. The van der Waals surface area contributed by atoms with Crippen LogP contribution in [0.25, 0.3) is 0 Å². The Balaban J connectivity index is 1.56. The molecule has 1 fully saturated rings. The molecule has 2 aromatic heterocycles. The van der Waals surface area contributed by atoms with Crippen LogP contribution in [0.4, 0.5) is 5.69 Å². The van der Waals surface area contributed by atoms with Crippen molar-refractivity contribution in [3.05, 3.63) is 46.4 Å². The zero-order valence-electron chi connectivity index (χ0n) is 13.2. The molecule has 0 saturated carbocycles. The van der Waals surface area contributed by atoms with E-state index >= 15 is 0 Å². The number of carbonyl (C=O) groups is 1. The van der Waals surface area contributed by atoms with Crippen molar-refractivity contribution in [3.8, 4) is 6.07 Å². The van der Waals surface area contributed by atoms with Crippen molar-refractivity contribution in [1.82, 2.24) is 10.3 Å². The molecule has 1 aliphatic heterocycles. The molecule has 6 nitrogen and oxygen atoms in total. The summed E-state index contributed by atoms with van der Waals surface area (Å²) in [5.41, 5.74) is 7.24. The number of carbonyl (C=O) groups excluding carboxylic acids is 1. The van der Waals surface area contributed by atoms with Gasteiger partial charge in [-0.25, -0.2) is 4.98 Å². The molecule has 2 atom stereocenters. The van der Waals surface area contributed by atoms with Crippen molar-refractivity contribution >= 4 is 22.9 Å². The number of nitrogens with two attached hydrogens (primary N) is 1. The maximum absolute atomic E-state index is 12.3. The molecule has 24 heavy (non-hydrogen) atoms. The van der Waals surface area contributed by atoms with Crippen LogP contribution >= 0.6 is 11.3 Å². The lowest BCUT2D eigenvalue weighted by Gasteiger charge is -2.20. The third-order valence-corrected chi connectivity index (χ3v) is 5.00. The van der Waals surface area contributed by atoms with E-state index in [1.165, 1.54) is 0 Å². The molecule has 1 saturated heterocycles. The zero-order chi connectivity index (χ0) is 16.9. The topological polar surface area (TPSA) is 95.0 Å². The van der Waals surface area contributed by atoms with Crippen LogP contribution in [-0.2, 0) is 11.2 Å². The monoisotopic (exact) mass is 341 g/mol. The number of pyridine rings is 1. The standard InChI is InChI=1S/C17H19N5OS/c18-10-15-16(4-1-6-20-15)22-7-5-12(11-22)21-17(23)14(19)9-13-3-2-8-24-13/h1-4,6,8,12,14H,5,7,9,11,19H2,(H,21,23). The Bertz CT molecular complexity index is 740. The lowest BCUT2D eigenvalue weighted by atomic mass is 10.1. The second-order valence-corrected chi connectivity index (χ2v) is 6.85. The number of anilines is 1. The number of aromatic nitrogens is 1. The van der Waals surface area contributed by atoms with E-state index in [1.807, 2.05) is 29.6 Å². The molecule has 7 heteroatoms. The molecule has 2 aromatic rings. The molecular formula is C17H19N5OS. The molecule has 0 radical (unpaired) electrons. The third-order valence-electron chi connectivity index (χ3n) is 4.11. The molecule has 0 aliphatic carbocycles. The summed E-state index contributed by atoms with van der Waals surface area (Å²) >= 11 is 1.61. The fourth-order valence-corrected chi connectivity index (χ4v) is 3.65. The van der Waals surface area contributed by atoms with Gasteiger partial charge in [-0.3, -0.25) is 4.79 Å². The number of amides is 1. The van der Waals surface area contributed by atoms with E-state index in [2.05, 4.69) is 21.3 Å². The minimum atomic E-state index is -0.536. The van der Waals surface area contributed by atoms with E-state index in [1.54, 1.807) is 17.5 Å². The number of hydrogen-bond donors (Lipinski definition) is 2. The fourth-order valence-electron chi connectivity index (χ4n) is 2.88. The Morgan fingerprint density at radius 3 is 3.17 bits per heavy atom. The highest BCUT2D eigenvalue weighted by atomic mass is 32.1. The van der Waals surface area contributed by atoms with E-state index in [9.17, 15) is 4.79 Å². The van der Waals surface area contributed by atoms with Crippen LogP contribution in [-0.4, -0.2) is 36.1 Å². The van der Waals surface area contributed by atoms with Crippen molar-refractivity contribution < 1.29 is 4.79 Å². The van der Waals surface area contributed by atoms with Crippen molar-refractivity contribution in [1.29, 1.82) is 5.26 Å². The Morgan fingerprint density at radius 1 is 1.54 bits per heavy atom. The average Bonchev–Trinajstić information content (AvgIpc) is 3.26. The van der Waals surface area contributed by atoms with E-state index < -0.39 is 6.04 Å². The number of nitriles is 1. The second-order valence-electron chi connectivity index (χ2n) is 5.81. The van der Waals surface area contributed by atoms with Gasteiger partial charge in [-0.15, -0.1) is 11.3 Å². The molecule has 1 amide bonds. The van der Waals surface area contributed by atoms with Crippen molar-refractivity contribution in [2.75, 3.05) is 18.0 Å². The van der Waals surface area contributed by atoms with Crippen LogP contribution in [0.15, 0.2) is 35.8 Å². The average molecular weight is 341 g/mol. The summed E-state index contributed by atoms with van der Waals surface area (Å²) in [6, 6.07) is 9.27. The largest absolute Gasteiger partial charge is 0.367 e. The first kappa shape index (κ1) is 16.4. The van der Waals surface area contributed by atoms with Crippen molar-refractivity contribution in [2.24, 2.45) is 5.73 Å². The maximum Gasteiger partial charge on any atom is 0.237 e. The molecule has 0 bridgehead atoms. The van der Waals surface area contributed by atoms with E-state index in [0.717, 1.165) is 23.5 Å². The third kappa shape index (κ3) is 3.72. The van der Waals surface area contributed by atoms with Crippen molar-refractivity contribution in [3.63, 3.8) is 0 Å². The predicted octanol–water partition coefficient (Wildman–Crippen LogP) is 1.28. The summed E-state index contributed by atoms with van der Waals surface area (Å²) in [7, 11) is 0. The van der Waals surface area contributed by atoms with Gasteiger partial charge in [0.2, 0.25) is 5.91 Å². The molecule has 2 unspecified atom stereocenters. The van der Waals surface area contributed by atoms with Crippen LogP contribution in [0.1, 0.15) is 17.0 Å². The van der Waals surface area contributed by atoms with Crippen LogP contribution in [0.2, 0.25) is 0 Å².